The number of carboxylic acids is 1. The largest absolute Gasteiger partial charge is 0.480 e. The number of ketones is 1. The summed E-state index contributed by atoms with van der Waals surface area (Å²) in [6.07, 6.45) is 4.05. The van der Waals surface area contributed by atoms with E-state index in [0.29, 0.717) is 37.0 Å². The Morgan fingerprint density at radius 3 is 2.36 bits per heavy atom. The maximum atomic E-state index is 13.3. The number of benzene rings is 4. The number of Topliss-reactive ketones (excluding diaryl/α,β-unsaturated/α-hetero) is 1. The van der Waals surface area contributed by atoms with Gasteiger partial charge in [-0.3, -0.25) is 9.59 Å². The molecule has 0 aliphatic heterocycles. The highest BCUT2D eigenvalue weighted by Crippen LogP contribution is 2.29. The third-order valence-corrected chi connectivity index (χ3v) is 7.56. The minimum absolute atomic E-state index is 0.112. The summed E-state index contributed by atoms with van der Waals surface area (Å²) in [5.74, 6) is -0.693. The molecular weight excluding hydrogens is 506 g/mol. The van der Waals surface area contributed by atoms with Crippen LogP contribution in [-0.4, -0.2) is 40.8 Å². The summed E-state index contributed by atoms with van der Waals surface area (Å²) in [6.45, 7) is 1.99. The summed E-state index contributed by atoms with van der Waals surface area (Å²) in [4.78, 5) is 37.9. The van der Waals surface area contributed by atoms with Gasteiger partial charge in [0, 0.05) is 17.5 Å². The third kappa shape index (κ3) is 7.15. The monoisotopic (exact) mass is 539 g/mol. The predicted molar refractivity (Wildman–Crippen MR) is 160 cm³/mol. The van der Waals surface area contributed by atoms with Gasteiger partial charge in [-0.2, -0.15) is 11.8 Å². The van der Waals surface area contributed by atoms with Crippen LogP contribution in [0.25, 0.3) is 21.9 Å². The van der Waals surface area contributed by atoms with Gasteiger partial charge in [0.15, 0.2) is 5.78 Å². The molecule has 4 aromatic rings. The predicted octanol–water partition coefficient (Wildman–Crippen LogP) is 6.96. The van der Waals surface area contributed by atoms with Gasteiger partial charge in [0.1, 0.15) is 6.04 Å². The molecule has 0 heterocycles. The van der Waals surface area contributed by atoms with Crippen molar-refractivity contribution in [3.63, 3.8) is 0 Å². The van der Waals surface area contributed by atoms with Gasteiger partial charge < -0.3 is 10.4 Å². The Labute approximate surface area is 233 Å². The maximum Gasteiger partial charge on any atom is 0.326 e. The van der Waals surface area contributed by atoms with Crippen molar-refractivity contribution in [2.45, 2.75) is 38.6 Å². The van der Waals surface area contributed by atoms with E-state index in [2.05, 4.69) is 5.32 Å². The molecule has 4 aromatic carbocycles. The van der Waals surface area contributed by atoms with E-state index >= 15 is 0 Å². The van der Waals surface area contributed by atoms with Crippen LogP contribution in [0.2, 0.25) is 0 Å². The Balaban J connectivity index is 1.52. The molecule has 4 rings (SSSR count). The molecule has 1 atom stereocenters. The van der Waals surface area contributed by atoms with Crippen molar-refractivity contribution in [2.75, 3.05) is 12.0 Å². The molecular formula is C33H33NO4S. The Morgan fingerprint density at radius 1 is 0.872 bits per heavy atom. The fraction of sp³-hybridized carbons (Fsp3) is 0.242. The summed E-state index contributed by atoms with van der Waals surface area (Å²) >= 11 is 1.54. The van der Waals surface area contributed by atoms with Crippen molar-refractivity contribution < 1.29 is 19.5 Å². The molecule has 0 fully saturated rings. The molecule has 0 bridgehead atoms. The number of rotatable bonds is 12. The molecule has 5 nitrogen and oxygen atoms in total. The lowest BCUT2D eigenvalue weighted by Gasteiger charge is -2.17. The van der Waals surface area contributed by atoms with Gasteiger partial charge in [0.25, 0.3) is 5.91 Å². The lowest BCUT2D eigenvalue weighted by molar-refractivity contribution is -0.139. The molecule has 0 aromatic heterocycles. The van der Waals surface area contributed by atoms with E-state index in [9.17, 15) is 19.5 Å². The highest BCUT2D eigenvalue weighted by atomic mass is 32.2. The molecule has 2 N–H and O–H groups in total. The van der Waals surface area contributed by atoms with E-state index in [1.165, 1.54) is 0 Å². The number of amides is 1. The second-order valence-electron chi connectivity index (χ2n) is 9.68. The second-order valence-corrected chi connectivity index (χ2v) is 10.7. The minimum atomic E-state index is -1.04. The molecule has 0 saturated heterocycles. The Bertz CT molecular complexity index is 1500. The lowest BCUT2D eigenvalue weighted by Crippen LogP contribution is -2.41. The molecule has 0 aliphatic carbocycles. The third-order valence-electron chi connectivity index (χ3n) is 6.92. The van der Waals surface area contributed by atoms with Crippen LogP contribution in [0.4, 0.5) is 0 Å². The van der Waals surface area contributed by atoms with Crippen molar-refractivity contribution in [2.24, 2.45) is 0 Å². The normalized spacial score (nSPS) is 11.7. The Hall–Kier alpha value is -3.90. The van der Waals surface area contributed by atoms with E-state index < -0.39 is 17.9 Å². The van der Waals surface area contributed by atoms with Crippen LogP contribution >= 0.6 is 11.8 Å². The van der Waals surface area contributed by atoms with Crippen LogP contribution in [0.15, 0.2) is 84.9 Å². The average molecular weight is 540 g/mol. The van der Waals surface area contributed by atoms with Gasteiger partial charge in [0.2, 0.25) is 0 Å². The van der Waals surface area contributed by atoms with Crippen molar-refractivity contribution in [3.8, 4) is 11.1 Å². The van der Waals surface area contributed by atoms with Gasteiger partial charge in [-0.15, -0.1) is 0 Å². The first-order valence-corrected chi connectivity index (χ1v) is 14.5. The standard InChI is InChI=1S/C33H33NO4S/c1-22-8-3-6-12-27(22)29-20-23(14-17-28(29)32(36)34-30(33(37)38)18-19-39-2)9-7-13-31(35)26-16-15-24-10-4-5-11-25(24)21-26/h3-6,8,10-12,14-17,20-21,30H,7,9,13,18-19H2,1-2H3,(H,34,36)(H,37,38). The molecule has 6 heteroatoms. The van der Waals surface area contributed by atoms with Crippen molar-refractivity contribution >= 4 is 40.2 Å². The fourth-order valence-electron chi connectivity index (χ4n) is 4.73. The molecule has 0 radical (unpaired) electrons. The van der Waals surface area contributed by atoms with E-state index in [0.717, 1.165) is 38.6 Å². The van der Waals surface area contributed by atoms with Crippen molar-refractivity contribution in [1.82, 2.24) is 5.32 Å². The number of thioether (sulfide) groups is 1. The zero-order valence-electron chi connectivity index (χ0n) is 22.3. The van der Waals surface area contributed by atoms with Gasteiger partial charge in [-0.25, -0.2) is 4.79 Å². The van der Waals surface area contributed by atoms with Gasteiger partial charge >= 0.3 is 5.97 Å². The molecule has 0 saturated carbocycles. The molecule has 0 spiro atoms. The summed E-state index contributed by atoms with van der Waals surface area (Å²) in [6, 6.07) is 26.4. The molecule has 39 heavy (non-hydrogen) atoms. The highest BCUT2D eigenvalue weighted by Gasteiger charge is 2.22. The van der Waals surface area contributed by atoms with Crippen LogP contribution in [-0.2, 0) is 11.2 Å². The average Bonchev–Trinajstić information content (AvgIpc) is 2.94. The van der Waals surface area contributed by atoms with Gasteiger partial charge in [-0.05, 0) is 83.4 Å². The second kappa shape index (κ2) is 13.3. The minimum Gasteiger partial charge on any atom is -0.480 e. The number of aryl methyl sites for hydroxylation is 2. The SMILES string of the molecule is CSCCC(NC(=O)c1ccc(CCCC(=O)c2ccc3ccccc3c2)cc1-c1ccccc1C)C(=O)O. The number of carbonyl (C=O) groups is 3. The van der Waals surface area contributed by atoms with Crippen molar-refractivity contribution in [3.05, 3.63) is 107 Å². The summed E-state index contributed by atoms with van der Waals surface area (Å²) in [5, 5.41) is 14.5. The lowest BCUT2D eigenvalue weighted by atomic mass is 9.92. The number of carboxylic acid groups (broad SMARTS) is 1. The zero-order valence-corrected chi connectivity index (χ0v) is 23.1. The van der Waals surface area contributed by atoms with Crippen LogP contribution in [0.1, 0.15) is 51.1 Å². The highest BCUT2D eigenvalue weighted by molar-refractivity contribution is 7.98. The quantitative estimate of drug-likeness (QED) is 0.190. The molecule has 1 amide bonds. The summed E-state index contributed by atoms with van der Waals surface area (Å²) in [5.41, 5.74) is 4.89. The van der Waals surface area contributed by atoms with Crippen LogP contribution in [0.5, 0.6) is 0 Å². The fourth-order valence-corrected chi connectivity index (χ4v) is 5.20. The number of carbonyl (C=O) groups excluding carboxylic acids is 2. The number of aliphatic carboxylic acids is 1. The first-order valence-electron chi connectivity index (χ1n) is 13.1. The first-order chi connectivity index (χ1) is 18.9. The molecule has 0 aliphatic rings. The summed E-state index contributed by atoms with van der Waals surface area (Å²) < 4.78 is 0. The van der Waals surface area contributed by atoms with Crippen molar-refractivity contribution in [1.29, 1.82) is 0 Å². The molecule has 1 unspecified atom stereocenters. The number of nitrogens with one attached hydrogen (secondary N) is 1. The number of fused-ring (bicyclic) bond motifs is 1. The zero-order chi connectivity index (χ0) is 27.8. The Morgan fingerprint density at radius 2 is 1.62 bits per heavy atom. The van der Waals surface area contributed by atoms with Crippen LogP contribution < -0.4 is 5.32 Å². The topological polar surface area (TPSA) is 83.5 Å². The van der Waals surface area contributed by atoms with E-state index in [1.54, 1.807) is 17.8 Å². The van der Waals surface area contributed by atoms with Crippen LogP contribution in [0, 0.1) is 6.92 Å². The van der Waals surface area contributed by atoms with E-state index in [4.69, 9.17) is 0 Å². The van der Waals surface area contributed by atoms with Gasteiger partial charge in [0.05, 0.1) is 0 Å². The Kier molecular flexibility index (Phi) is 9.55. The van der Waals surface area contributed by atoms with E-state index in [-0.39, 0.29) is 5.78 Å². The van der Waals surface area contributed by atoms with Crippen LogP contribution in [0.3, 0.4) is 0 Å². The smallest absolute Gasteiger partial charge is 0.326 e. The molecule has 200 valence electrons. The first kappa shape index (κ1) is 28.1. The van der Waals surface area contributed by atoms with Gasteiger partial charge in [-0.1, -0.05) is 72.8 Å². The van der Waals surface area contributed by atoms with E-state index in [1.807, 2.05) is 92.0 Å². The number of hydrogen-bond acceptors (Lipinski definition) is 4. The summed E-state index contributed by atoms with van der Waals surface area (Å²) in [7, 11) is 0. The number of hydrogen-bond donors (Lipinski definition) is 2. The maximum absolute atomic E-state index is 13.3.